The summed E-state index contributed by atoms with van der Waals surface area (Å²) in [6.07, 6.45) is 4.15. The normalized spacial score (nSPS) is 15.3. The summed E-state index contributed by atoms with van der Waals surface area (Å²) in [5.74, 6) is -0.347. The minimum Gasteiger partial charge on any atom is -0.354 e. The number of hydrogen-bond acceptors (Lipinski definition) is 2. The van der Waals surface area contributed by atoms with Crippen molar-refractivity contribution >= 4 is 27.7 Å². The van der Waals surface area contributed by atoms with Gasteiger partial charge in [0.15, 0.2) is 5.43 Å². The molecule has 1 N–H and O–H groups in total. The summed E-state index contributed by atoms with van der Waals surface area (Å²) in [7, 11) is 0. The van der Waals surface area contributed by atoms with E-state index in [9.17, 15) is 14.0 Å². The summed E-state index contributed by atoms with van der Waals surface area (Å²) in [6, 6.07) is 21.5. The summed E-state index contributed by atoms with van der Waals surface area (Å²) >= 11 is 0. The number of carbonyl (C=O) groups excluding carboxylic acids is 1. The molecule has 1 aliphatic carbocycles. The summed E-state index contributed by atoms with van der Waals surface area (Å²) < 4.78 is 15.4. The maximum absolute atomic E-state index is 13.4. The molecular weight excluding hydrogens is 403 g/mol. The maximum atomic E-state index is 13.4. The summed E-state index contributed by atoms with van der Waals surface area (Å²) in [5.41, 5.74) is 2.41. The summed E-state index contributed by atoms with van der Waals surface area (Å²) in [6.45, 7) is 0.647. The van der Waals surface area contributed by atoms with Gasteiger partial charge in [0.25, 0.3) is 0 Å². The van der Waals surface area contributed by atoms with Crippen LogP contribution in [0.3, 0.4) is 0 Å². The van der Waals surface area contributed by atoms with E-state index < -0.39 is 0 Å². The number of para-hydroxylation sites is 2. The van der Waals surface area contributed by atoms with Crippen molar-refractivity contribution in [2.75, 3.05) is 6.54 Å². The van der Waals surface area contributed by atoms with Gasteiger partial charge in [-0.25, -0.2) is 4.39 Å². The lowest BCUT2D eigenvalue weighted by Crippen LogP contribution is -2.40. The minimum atomic E-state index is -0.247. The second kappa shape index (κ2) is 8.23. The van der Waals surface area contributed by atoms with Gasteiger partial charge in [-0.05, 0) is 54.8 Å². The van der Waals surface area contributed by atoms with Crippen LogP contribution < -0.4 is 10.7 Å². The predicted molar refractivity (Wildman–Crippen MR) is 125 cm³/mol. The van der Waals surface area contributed by atoms with Gasteiger partial charge >= 0.3 is 0 Å². The summed E-state index contributed by atoms with van der Waals surface area (Å²) in [4.78, 5) is 26.0. The van der Waals surface area contributed by atoms with Gasteiger partial charge in [-0.1, -0.05) is 49.2 Å². The monoisotopic (exact) mass is 428 g/mol. The topological polar surface area (TPSA) is 51.1 Å². The van der Waals surface area contributed by atoms with Gasteiger partial charge in [-0.15, -0.1) is 0 Å². The third-order valence-electron chi connectivity index (χ3n) is 6.82. The van der Waals surface area contributed by atoms with Gasteiger partial charge in [0, 0.05) is 22.7 Å². The number of nitrogens with zero attached hydrogens (tertiary/aromatic N) is 1. The van der Waals surface area contributed by atoms with Gasteiger partial charge < -0.3 is 9.88 Å². The molecule has 3 aromatic carbocycles. The SMILES string of the molecule is O=C(Cn1c2ccccc2c(=O)c2ccccc21)NCC1(c2ccc(F)cc2)CCCC1. The molecule has 0 atom stereocenters. The van der Waals surface area contributed by atoms with E-state index in [2.05, 4.69) is 5.32 Å². The number of aromatic nitrogens is 1. The Bertz CT molecular complexity index is 1290. The first-order valence-electron chi connectivity index (χ1n) is 11.1. The largest absolute Gasteiger partial charge is 0.354 e. The first kappa shape index (κ1) is 20.4. The molecule has 5 heteroatoms. The van der Waals surface area contributed by atoms with Crippen LogP contribution in [0.2, 0.25) is 0 Å². The Labute approximate surface area is 185 Å². The quantitative estimate of drug-likeness (QED) is 0.459. The first-order chi connectivity index (χ1) is 15.6. The fourth-order valence-corrected chi connectivity index (χ4v) is 5.14. The van der Waals surface area contributed by atoms with E-state index in [-0.39, 0.29) is 29.1 Å². The second-order valence-corrected chi connectivity index (χ2v) is 8.72. The number of nitrogens with one attached hydrogen (secondary N) is 1. The van der Waals surface area contributed by atoms with Crippen LogP contribution in [0.1, 0.15) is 31.2 Å². The Kier molecular flexibility index (Phi) is 5.25. The molecular formula is C27H25FN2O2. The van der Waals surface area contributed by atoms with E-state index in [0.717, 1.165) is 42.3 Å². The number of carbonyl (C=O) groups is 1. The fourth-order valence-electron chi connectivity index (χ4n) is 5.14. The zero-order chi connectivity index (χ0) is 22.1. The Morgan fingerprint density at radius 3 is 2.03 bits per heavy atom. The van der Waals surface area contributed by atoms with Gasteiger partial charge in [0.2, 0.25) is 5.91 Å². The fraction of sp³-hybridized carbons (Fsp3) is 0.259. The average molecular weight is 429 g/mol. The van der Waals surface area contributed by atoms with Crippen molar-refractivity contribution in [3.63, 3.8) is 0 Å². The highest BCUT2D eigenvalue weighted by Crippen LogP contribution is 2.40. The highest BCUT2D eigenvalue weighted by Gasteiger charge is 2.36. The van der Waals surface area contributed by atoms with Gasteiger partial charge in [0.05, 0.1) is 11.0 Å². The molecule has 0 aliphatic heterocycles. The molecule has 0 bridgehead atoms. The van der Waals surface area contributed by atoms with Crippen molar-refractivity contribution in [1.82, 2.24) is 9.88 Å². The van der Waals surface area contributed by atoms with Gasteiger partial charge in [-0.3, -0.25) is 9.59 Å². The van der Waals surface area contributed by atoms with Crippen LogP contribution in [0.25, 0.3) is 21.8 Å². The Morgan fingerprint density at radius 1 is 0.875 bits per heavy atom. The van der Waals surface area contributed by atoms with E-state index in [1.165, 1.54) is 12.1 Å². The third-order valence-corrected chi connectivity index (χ3v) is 6.82. The minimum absolute atomic E-state index is 0.0194. The van der Waals surface area contributed by atoms with Crippen LogP contribution in [-0.2, 0) is 16.8 Å². The zero-order valence-electron chi connectivity index (χ0n) is 17.8. The van der Waals surface area contributed by atoms with Crippen LogP contribution in [0.4, 0.5) is 4.39 Å². The molecule has 1 aromatic heterocycles. The Balaban J connectivity index is 1.44. The first-order valence-corrected chi connectivity index (χ1v) is 11.1. The number of pyridine rings is 1. The molecule has 5 rings (SSSR count). The molecule has 1 aliphatic rings. The van der Waals surface area contributed by atoms with Crippen molar-refractivity contribution in [1.29, 1.82) is 0 Å². The lowest BCUT2D eigenvalue weighted by Gasteiger charge is -2.30. The van der Waals surface area contributed by atoms with Crippen LogP contribution in [0.5, 0.6) is 0 Å². The number of amides is 1. The zero-order valence-corrected chi connectivity index (χ0v) is 17.8. The Morgan fingerprint density at radius 2 is 1.44 bits per heavy atom. The molecule has 1 fully saturated rings. The average Bonchev–Trinajstić information content (AvgIpc) is 3.31. The van der Waals surface area contributed by atoms with E-state index >= 15 is 0 Å². The van der Waals surface area contributed by atoms with Crippen molar-refractivity contribution in [3.8, 4) is 0 Å². The number of fused-ring (bicyclic) bond motifs is 2. The highest BCUT2D eigenvalue weighted by molar-refractivity contribution is 5.94. The van der Waals surface area contributed by atoms with E-state index in [0.29, 0.717) is 17.3 Å². The predicted octanol–water partition coefficient (Wildman–Crippen LogP) is 4.92. The highest BCUT2D eigenvalue weighted by atomic mass is 19.1. The van der Waals surface area contributed by atoms with Crippen LogP contribution in [0.15, 0.2) is 77.6 Å². The van der Waals surface area contributed by atoms with E-state index in [1.54, 1.807) is 12.1 Å². The number of benzene rings is 3. The van der Waals surface area contributed by atoms with Gasteiger partial charge in [0.1, 0.15) is 12.4 Å². The van der Waals surface area contributed by atoms with Crippen molar-refractivity contribution in [2.45, 2.75) is 37.6 Å². The molecule has 0 unspecified atom stereocenters. The van der Waals surface area contributed by atoms with Crippen LogP contribution in [0, 0.1) is 5.82 Å². The molecule has 1 amide bonds. The van der Waals surface area contributed by atoms with Gasteiger partial charge in [-0.2, -0.15) is 0 Å². The van der Waals surface area contributed by atoms with E-state index in [4.69, 9.17) is 0 Å². The van der Waals surface area contributed by atoms with Crippen LogP contribution in [-0.4, -0.2) is 17.0 Å². The summed E-state index contributed by atoms with van der Waals surface area (Å²) in [5, 5.41) is 4.36. The van der Waals surface area contributed by atoms with Crippen LogP contribution >= 0.6 is 0 Å². The molecule has 1 saturated carbocycles. The molecule has 4 aromatic rings. The molecule has 0 radical (unpaired) electrons. The second-order valence-electron chi connectivity index (χ2n) is 8.72. The molecule has 0 saturated heterocycles. The lowest BCUT2D eigenvalue weighted by atomic mass is 9.79. The van der Waals surface area contributed by atoms with Crippen molar-refractivity contribution in [3.05, 3.63) is 94.4 Å². The molecule has 0 spiro atoms. The maximum Gasteiger partial charge on any atom is 0.239 e. The third kappa shape index (κ3) is 3.58. The number of hydrogen-bond donors (Lipinski definition) is 1. The standard InChI is InChI=1S/C27H25FN2O2/c28-20-13-11-19(12-14-20)27(15-5-6-16-27)18-29-25(31)17-30-23-9-3-1-7-21(23)26(32)22-8-2-4-10-24(22)30/h1-4,7-14H,5-6,15-18H2,(H,29,31). The molecule has 1 heterocycles. The van der Waals surface area contributed by atoms with E-state index in [1.807, 2.05) is 53.1 Å². The number of halogens is 1. The Hall–Kier alpha value is -3.47. The molecule has 32 heavy (non-hydrogen) atoms. The smallest absolute Gasteiger partial charge is 0.239 e. The lowest BCUT2D eigenvalue weighted by molar-refractivity contribution is -0.121. The van der Waals surface area contributed by atoms with Crippen molar-refractivity contribution < 1.29 is 9.18 Å². The molecule has 4 nitrogen and oxygen atoms in total. The van der Waals surface area contributed by atoms with Crippen molar-refractivity contribution in [2.24, 2.45) is 0 Å². The molecule has 162 valence electrons. The number of rotatable bonds is 5.